The lowest BCUT2D eigenvalue weighted by atomic mass is 10.3. The number of halogens is 2. The minimum atomic E-state index is 0.794. The first-order valence-electron chi connectivity index (χ1n) is 5.89. The topological polar surface area (TPSA) is 29.9 Å². The summed E-state index contributed by atoms with van der Waals surface area (Å²) in [6.07, 6.45) is 5.12. The summed E-state index contributed by atoms with van der Waals surface area (Å²) in [5, 5.41) is 7.74. The van der Waals surface area contributed by atoms with E-state index in [0.717, 1.165) is 29.7 Å². The van der Waals surface area contributed by atoms with Crippen molar-refractivity contribution in [1.29, 1.82) is 0 Å². The van der Waals surface area contributed by atoms with Gasteiger partial charge in [0.15, 0.2) is 0 Å². The summed E-state index contributed by atoms with van der Waals surface area (Å²) in [6, 6.07) is 6.26. The molecule has 0 saturated heterocycles. The summed E-state index contributed by atoms with van der Waals surface area (Å²) >= 11 is 5.86. The molecule has 5 heteroatoms. The Morgan fingerprint density at radius 1 is 1.44 bits per heavy atom. The van der Waals surface area contributed by atoms with Crippen molar-refractivity contribution in [3.05, 3.63) is 44.2 Å². The smallest absolute Gasteiger partial charge is 0.0539 e. The van der Waals surface area contributed by atoms with E-state index < -0.39 is 0 Å². The molecule has 2 aromatic rings. The van der Waals surface area contributed by atoms with Crippen LogP contribution in [0.15, 0.2) is 35.1 Å². The second kappa shape index (κ2) is 6.56. The number of hydrogen-bond acceptors (Lipinski definition) is 2. The van der Waals surface area contributed by atoms with Gasteiger partial charge in [0.05, 0.1) is 6.20 Å². The van der Waals surface area contributed by atoms with Crippen LogP contribution in [0.2, 0.25) is 0 Å². The lowest BCUT2D eigenvalue weighted by Crippen LogP contribution is -2.00. The van der Waals surface area contributed by atoms with Crippen molar-refractivity contribution in [2.45, 2.75) is 26.4 Å². The average molecular weight is 420 g/mol. The third-order valence-electron chi connectivity index (χ3n) is 2.55. The van der Waals surface area contributed by atoms with E-state index in [9.17, 15) is 0 Å². The molecule has 1 aromatic carbocycles. The first-order chi connectivity index (χ1) is 8.69. The maximum Gasteiger partial charge on any atom is 0.0539 e. The van der Waals surface area contributed by atoms with Gasteiger partial charge in [-0.3, -0.25) is 4.68 Å². The predicted molar refractivity (Wildman–Crippen MR) is 86.7 cm³/mol. The van der Waals surface area contributed by atoms with Crippen LogP contribution in [-0.4, -0.2) is 9.78 Å². The molecule has 3 nitrogen and oxygen atoms in total. The Hall–Kier alpha value is -0.560. The maximum absolute atomic E-state index is 4.32. The van der Waals surface area contributed by atoms with Crippen LogP contribution in [0.3, 0.4) is 0 Å². The van der Waals surface area contributed by atoms with Crippen LogP contribution in [-0.2, 0) is 13.1 Å². The standard InChI is InChI=1S/C13H15BrIN3/c1-2-5-18-9-10(8-17-18)7-16-13-6-11(15)3-4-12(13)14/h3-4,6,8-9,16H,2,5,7H2,1H3. The molecule has 0 fully saturated rings. The van der Waals surface area contributed by atoms with Crippen molar-refractivity contribution in [2.24, 2.45) is 0 Å². The molecule has 1 heterocycles. The number of aromatic nitrogens is 2. The van der Waals surface area contributed by atoms with Crippen LogP contribution in [0.5, 0.6) is 0 Å². The van der Waals surface area contributed by atoms with Crippen LogP contribution in [0, 0.1) is 3.57 Å². The van der Waals surface area contributed by atoms with Crippen molar-refractivity contribution in [3.8, 4) is 0 Å². The molecule has 0 unspecified atom stereocenters. The largest absolute Gasteiger partial charge is 0.380 e. The fourth-order valence-corrected chi connectivity index (χ4v) is 2.56. The first kappa shape index (κ1) is 13.9. The summed E-state index contributed by atoms with van der Waals surface area (Å²) < 4.78 is 4.30. The van der Waals surface area contributed by atoms with Crippen LogP contribution < -0.4 is 5.32 Å². The number of benzene rings is 1. The van der Waals surface area contributed by atoms with Crippen LogP contribution >= 0.6 is 38.5 Å². The van der Waals surface area contributed by atoms with Gasteiger partial charge in [-0.05, 0) is 63.1 Å². The van der Waals surface area contributed by atoms with Crippen LogP contribution in [0.25, 0.3) is 0 Å². The van der Waals surface area contributed by atoms with Gasteiger partial charge in [-0.25, -0.2) is 0 Å². The molecule has 1 aromatic heterocycles. The van der Waals surface area contributed by atoms with Gasteiger partial charge in [-0.1, -0.05) is 6.92 Å². The molecule has 0 aliphatic heterocycles. The molecule has 0 amide bonds. The fraction of sp³-hybridized carbons (Fsp3) is 0.308. The maximum atomic E-state index is 4.32. The van der Waals surface area contributed by atoms with Gasteiger partial charge in [-0.2, -0.15) is 5.10 Å². The van der Waals surface area contributed by atoms with Gasteiger partial charge in [0.25, 0.3) is 0 Å². The van der Waals surface area contributed by atoms with Gasteiger partial charge in [0.1, 0.15) is 0 Å². The molecule has 2 rings (SSSR count). The first-order valence-corrected chi connectivity index (χ1v) is 7.76. The molecular weight excluding hydrogens is 405 g/mol. The summed E-state index contributed by atoms with van der Waals surface area (Å²) in [5.74, 6) is 0. The zero-order valence-electron chi connectivity index (χ0n) is 10.2. The van der Waals surface area contributed by atoms with E-state index in [4.69, 9.17) is 0 Å². The number of nitrogens with one attached hydrogen (secondary N) is 1. The normalized spacial score (nSPS) is 10.6. The van der Waals surface area contributed by atoms with E-state index in [1.54, 1.807) is 0 Å². The van der Waals surface area contributed by atoms with Gasteiger partial charge in [0.2, 0.25) is 0 Å². The third-order valence-corrected chi connectivity index (χ3v) is 3.91. The highest BCUT2D eigenvalue weighted by Gasteiger charge is 2.02. The van der Waals surface area contributed by atoms with Crippen LogP contribution in [0.4, 0.5) is 5.69 Å². The molecule has 18 heavy (non-hydrogen) atoms. The van der Waals surface area contributed by atoms with Crippen molar-refractivity contribution in [2.75, 3.05) is 5.32 Å². The minimum Gasteiger partial charge on any atom is -0.380 e. The third kappa shape index (κ3) is 3.71. The monoisotopic (exact) mass is 419 g/mol. The number of anilines is 1. The average Bonchev–Trinajstić information content (AvgIpc) is 2.79. The molecule has 96 valence electrons. The lowest BCUT2D eigenvalue weighted by molar-refractivity contribution is 0.602. The number of hydrogen-bond donors (Lipinski definition) is 1. The lowest BCUT2D eigenvalue weighted by Gasteiger charge is -2.07. The molecule has 0 atom stereocenters. The Kier molecular flexibility index (Phi) is 5.05. The number of aryl methyl sites for hydroxylation is 1. The van der Waals surface area contributed by atoms with Crippen LogP contribution in [0.1, 0.15) is 18.9 Å². The van der Waals surface area contributed by atoms with E-state index in [2.05, 4.69) is 80.3 Å². The highest BCUT2D eigenvalue weighted by molar-refractivity contribution is 14.1. The molecule has 0 spiro atoms. The molecule has 0 aliphatic rings. The summed E-state index contributed by atoms with van der Waals surface area (Å²) in [7, 11) is 0. The van der Waals surface area contributed by atoms with E-state index in [1.165, 1.54) is 9.13 Å². The Bertz CT molecular complexity index is 525. The van der Waals surface area contributed by atoms with Crippen molar-refractivity contribution in [3.63, 3.8) is 0 Å². The van der Waals surface area contributed by atoms with Gasteiger partial charge < -0.3 is 5.32 Å². The van der Waals surface area contributed by atoms with Gasteiger partial charge >= 0.3 is 0 Å². The second-order valence-electron chi connectivity index (χ2n) is 4.09. The Morgan fingerprint density at radius 2 is 2.28 bits per heavy atom. The zero-order chi connectivity index (χ0) is 13.0. The molecule has 0 bridgehead atoms. The van der Waals surface area contributed by atoms with E-state index in [0.29, 0.717) is 0 Å². The Morgan fingerprint density at radius 3 is 3.06 bits per heavy atom. The second-order valence-corrected chi connectivity index (χ2v) is 6.19. The minimum absolute atomic E-state index is 0.794. The summed E-state index contributed by atoms with van der Waals surface area (Å²) in [5.41, 5.74) is 2.32. The quantitative estimate of drug-likeness (QED) is 0.733. The zero-order valence-corrected chi connectivity index (χ0v) is 13.9. The van der Waals surface area contributed by atoms with Crippen molar-refractivity contribution < 1.29 is 0 Å². The van der Waals surface area contributed by atoms with Crippen molar-refractivity contribution in [1.82, 2.24) is 9.78 Å². The molecule has 0 saturated carbocycles. The Balaban J connectivity index is 1.99. The van der Waals surface area contributed by atoms with Gasteiger partial charge in [-0.15, -0.1) is 0 Å². The summed E-state index contributed by atoms with van der Waals surface area (Å²) in [6.45, 7) is 3.93. The SMILES string of the molecule is CCCn1cc(CNc2cc(I)ccc2Br)cn1. The van der Waals surface area contributed by atoms with E-state index in [1.807, 2.05) is 10.9 Å². The predicted octanol–water partition coefficient (Wildman–Crippen LogP) is 4.27. The molecule has 1 N–H and O–H groups in total. The highest BCUT2D eigenvalue weighted by Crippen LogP contribution is 2.24. The van der Waals surface area contributed by atoms with E-state index in [-0.39, 0.29) is 0 Å². The number of nitrogens with zero attached hydrogens (tertiary/aromatic N) is 2. The Labute approximate surface area is 129 Å². The molecule has 0 radical (unpaired) electrons. The fourth-order valence-electron chi connectivity index (χ4n) is 1.68. The highest BCUT2D eigenvalue weighted by atomic mass is 127. The summed E-state index contributed by atoms with van der Waals surface area (Å²) in [4.78, 5) is 0. The van der Waals surface area contributed by atoms with Gasteiger partial charge in [0, 0.05) is 38.6 Å². The van der Waals surface area contributed by atoms with Crippen molar-refractivity contribution >= 4 is 44.2 Å². The molecule has 0 aliphatic carbocycles. The number of rotatable bonds is 5. The van der Waals surface area contributed by atoms with E-state index >= 15 is 0 Å². The molecular formula is C13H15BrIN3.